The van der Waals surface area contributed by atoms with E-state index in [9.17, 15) is 35.9 Å². The molecule has 0 spiro atoms. The number of esters is 1. The average Bonchev–Trinajstić information content (AvgIpc) is 2.96. The third-order valence-corrected chi connectivity index (χ3v) is 10.3. The number of hydrogen-bond acceptors (Lipinski definition) is 7. The number of fused-ring (bicyclic) bond motifs is 1. The van der Waals surface area contributed by atoms with E-state index in [1.807, 2.05) is 6.92 Å². The first-order valence-corrected chi connectivity index (χ1v) is 17.0. The minimum absolute atomic E-state index is 0.00558. The smallest absolute Gasteiger partial charge is 0.417 e. The molecular weight excluding hydrogens is 670 g/mol. The lowest BCUT2D eigenvalue weighted by Crippen LogP contribution is -2.58. The quantitative estimate of drug-likeness (QED) is 0.0563. The van der Waals surface area contributed by atoms with Crippen LogP contribution in [0, 0.1) is 10.8 Å². The summed E-state index contributed by atoms with van der Waals surface area (Å²) in [6.07, 6.45) is -6.44. The van der Waals surface area contributed by atoms with Gasteiger partial charge in [-0.15, -0.1) is 11.8 Å². The normalized spacial score (nSPS) is 15.6. The van der Waals surface area contributed by atoms with Gasteiger partial charge in [-0.1, -0.05) is 38.0 Å². The van der Waals surface area contributed by atoms with Crippen LogP contribution in [0.15, 0.2) is 56.6 Å². The van der Waals surface area contributed by atoms with Gasteiger partial charge in [0.2, 0.25) is 0 Å². The molecule has 2 aromatic carbocycles. The van der Waals surface area contributed by atoms with Gasteiger partial charge in [0, 0.05) is 32.7 Å². The molecule has 3 rings (SSSR count). The van der Waals surface area contributed by atoms with Crippen molar-refractivity contribution in [1.82, 2.24) is 0 Å². The molecule has 0 fully saturated rings. The summed E-state index contributed by atoms with van der Waals surface area (Å²) in [6, 6.07) is 9.48. The van der Waals surface area contributed by atoms with Gasteiger partial charge in [0.05, 0.1) is 16.5 Å². The molecule has 0 saturated carbocycles. The number of halogens is 6. The number of thioether (sulfide) groups is 1. The largest absolute Gasteiger partial charge is 0.464 e. The van der Waals surface area contributed by atoms with Crippen LogP contribution in [0.4, 0.5) is 26.3 Å². The number of ether oxygens (including phenoxy) is 1. The molecule has 272 valence electrons. The standard InChI is InChI=1S/C36H46F6N2O4S/c1-8-9-10-11-22-12-15-25(27(16-22)35(37,38)39)26-17-23-13-14-24(18-28(23)48-29(26)45)49-21-33(6,36(40,41)42)20-47-30(46)34(7,32(4,5)44)19-31(2,3)43/h12-18H,8-11,19-21,43-44H2,1-7H3. The third-order valence-electron chi connectivity index (χ3n) is 8.90. The van der Waals surface area contributed by atoms with Crippen LogP contribution in [0.25, 0.3) is 22.1 Å². The first-order valence-electron chi connectivity index (χ1n) is 16.0. The number of benzene rings is 2. The lowest BCUT2D eigenvalue weighted by atomic mass is 9.67. The van der Waals surface area contributed by atoms with E-state index >= 15 is 0 Å². The molecule has 0 bridgehead atoms. The highest BCUT2D eigenvalue weighted by molar-refractivity contribution is 7.99. The van der Waals surface area contributed by atoms with Crippen molar-refractivity contribution in [3.63, 3.8) is 0 Å². The Morgan fingerprint density at radius 3 is 2.08 bits per heavy atom. The molecule has 0 aliphatic heterocycles. The highest BCUT2D eigenvalue weighted by Gasteiger charge is 2.54. The van der Waals surface area contributed by atoms with Gasteiger partial charge in [0.25, 0.3) is 0 Å². The van der Waals surface area contributed by atoms with Gasteiger partial charge in [-0.3, -0.25) is 4.79 Å². The molecule has 0 saturated heterocycles. The monoisotopic (exact) mass is 716 g/mol. The Morgan fingerprint density at radius 2 is 1.53 bits per heavy atom. The number of rotatable bonds is 14. The van der Waals surface area contributed by atoms with E-state index in [1.54, 1.807) is 33.8 Å². The Morgan fingerprint density at radius 1 is 0.878 bits per heavy atom. The summed E-state index contributed by atoms with van der Waals surface area (Å²) in [6.45, 7) is 10.00. The van der Waals surface area contributed by atoms with Crippen LogP contribution in [0.5, 0.6) is 0 Å². The summed E-state index contributed by atoms with van der Waals surface area (Å²) in [5.74, 6) is -1.47. The number of carbonyl (C=O) groups excluding carboxylic acids is 1. The molecule has 6 nitrogen and oxygen atoms in total. The van der Waals surface area contributed by atoms with Crippen LogP contribution in [0.1, 0.15) is 85.3 Å². The second kappa shape index (κ2) is 14.7. The molecule has 2 atom stereocenters. The Balaban J connectivity index is 1.88. The Hall–Kier alpha value is -3.03. The zero-order chi connectivity index (χ0) is 37.2. The van der Waals surface area contributed by atoms with E-state index in [0.717, 1.165) is 44.0 Å². The summed E-state index contributed by atoms with van der Waals surface area (Å²) < 4.78 is 96.2. The first-order chi connectivity index (χ1) is 22.3. The predicted octanol–water partition coefficient (Wildman–Crippen LogP) is 9.29. The fourth-order valence-electron chi connectivity index (χ4n) is 5.47. The highest BCUT2D eigenvalue weighted by Crippen LogP contribution is 2.45. The summed E-state index contributed by atoms with van der Waals surface area (Å²) in [4.78, 5) is 26.6. The van der Waals surface area contributed by atoms with Gasteiger partial charge >= 0.3 is 23.9 Å². The Bertz CT molecular complexity index is 1690. The zero-order valence-corrected chi connectivity index (χ0v) is 29.8. The van der Waals surface area contributed by atoms with E-state index < -0.39 is 63.8 Å². The lowest BCUT2D eigenvalue weighted by molar-refractivity contribution is -0.227. The molecule has 13 heteroatoms. The minimum Gasteiger partial charge on any atom is -0.464 e. The van der Waals surface area contributed by atoms with Gasteiger partial charge in [0.1, 0.15) is 17.6 Å². The van der Waals surface area contributed by atoms with Crippen LogP contribution in [-0.4, -0.2) is 35.6 Å². The van der Waals surface area contributed by atoms with Crippen molar-refractivity contribution in [3.05, 3.63) is 64.0 Å². The third kappa shape index (κ3) is 9.82. The topological polar surface area (TPSA) is 109 Å². The molecule has 0 radical (unpaired) electrons. The molecule has 1 heterocycles. The van der Waals surface area contributed by atoms with Crippen molar-refractivity contribution in [1.29, 1.82) is 0 Å². The van der Waals surface area contributed by atoms with Crippen molar-refractivity contribution in [2.45, 2.75) is 109 Å². The van der Waals surface area contributed by atoms with Crippen LogP contribution < -0.4 is 17.1 Å². The van der Waals surface area contributed by atoms with E-state index in [1.165, 1.54) is 37.3 Å². The maximum atomic E-state index is 14.4. The van der Waals surface area contributed by atoms with Crippen molar-refractivity contribution < 1.29 is 40.3 Å². The van der Waals surface area contributed by atoms with Gasteiger partial charge in [0.15, 0.2) is 0 Å². The van der Waals surface area contributed by atoms with E-state index in [-0.39, 0.29) is 28.5 Å². The van der Waals surface area contributed by atoms with Crippen LogP contribution in [-0.2, 0) is 22.1 Å². The van der Waals surface area contributed by atoms with Crippen LogP contribution >= 0.6 is 11.8 Å². The summed E-state index contributed by atoms with van der Waals surface area (Å²) >= 11 is 0.799. The van der Waals surface area contributed by atoms with Crippen molar-refractivity contribution >= 4 is 28.7 Å². The van der Waals surface area contributed by atoms with Crippen LogP contribution in [0.3, 0.4) is 0 Å². The van der Waals surface area contributed by atoms with Crippen LogP contribution in [0.2, 0.25) is 0 Å². The van der Waals surface area contributed by atoms with Crippen molar-refractivity contribution in [2.75, 3.05) is 12.4 Å². The van der Waals surface area contributed by atoms with E-state index in [2.05, 4.69) is 0 Å². The number of alkyl halides is 6. The molecule has 0 amide bonds. The minimum atomic E-state index is -4.78. The van der Waals surface area contributed by atoms with E-state index in [0.29, 0.717) is 16.9 Å². The van der Waals surface area contributed by atoms with Gasteiger partial charge in [-0.25, -0.2) is 4.79 Å². The fourth-order valence-corrected chi connectivity index (χ4v) is 6.56. The van der Waals surface area contributed by atoms with Gasteiger partial charge < -0.3 is 20.6 Å². The number of hydrogen-bond donors (Lipinski definition) is 2. The number of nitrogens with two attached hydrogens (primary N) is 2. The van der Waals surface area contributed by atoms with Gasteiger partial charge in [-0.2, -0.15) is 26.3 Å². The fraction of sp³-hybridized carbons (Fsp3) is 0.556. The molecule has 0 aliphatic rings. The Labute approximate surface area is 287 Å². The average molecular weight is 717 g/mol. The predicted molar refractivity (Wildman–Crippen MR) is 181 cm³/mol. The summed E-state index contributed by atoms with van der Waals surface area (Å²) in [5, 5.41) is 0.290. The number of unbranched alkanes of at least 4 members (excludes halogenated alkanes) is 2. The second-order valence-electron chi connectivity index (χ2n) is 14.6. The van der Waals surface area contributed by atoms with Crippen molar-refractivity contribution in [3.8, 4) is 11.1 Å². The zero-order valence-electron chi connectivity index (χ0n) is 29.0. The summed E-state index contributed by atoms with van der Waals surface area (Å²) in [5.41, 5.74) is 4.44. The molecule has 4 N–H and O–H groups in total. The van der Waals surface area contributed by atoms with Gasteiger partial charge in [-0.05, 0) is 90.6 Å². The first kappa shape index (κ1) is 40.4. The van der Waals surface area contributed by atoms with Crippen molar-refractivity contribution in [2.24, 2.45) is 22.3 Å². The Kier molecular flexibility index (Phi) is 12.1. The highest BCUT2D eigenvalue weighted by atomic mass is 32.2. The molecular formula is C36H46F6N2O4S. The van der Waals surface area contributed by atoms with E-state index in [4.69, 9.17) is 20.6 Å². The number of aryl methyl sites for hydroxylation is 1. The number of carbonyl (C=O) groups is 1. The maximum Gasteiger partial charge on any atom is 0.417 e. The maximum absolute atomic E-state index is 14.4. The lowest BCUT2D eigenvalue weighted by Gasteiger charge is -2.43. The molecule has 49 heavy (non-hydrogen) atoms. The molecule has 2 unspecified atom stereocenters. The second-order valence-corrected chi connectivity index (χ2v) is 15.7. The summed E-state index contributed by atoms with van der Waals surface area (Å²) in [7, 11) is 0. The SMILES string of the molecule is CCCCCc1ccc(-c2cc3ccc(SCC(C)(COC(=O)C(C)(CC(C)(C)N)C(C)(C)N)C(F)(F)F)cc3oc2=O)c(C(F)(F)F)c1. The molecule has 3 aromatic rings. The molecule has 1 aromatic heterocycles. The molecule has 0 aliphatic carbocycles.